The highest BCUT2D eigenvalue weighted by Gasteiger charge is 2.41. The molecule has 0 heterocycles. The van der Waals surface area contributed by atoms with Gasteiger partial charge >= 0.3 is 0 Å². The van der Waals surface area contributed by atoms with Crippen molar-refractivity contribution in [1.29, 1.82) is 0 Å². The molecule has 0 unspecified atom stereocenters. The molecule has 4 heteroatoms. The Balaban J connectivity index is 0.000000248. The van der Waals surface area contributed by atoms with Gasteiger partial charge in [0.15, 0.2) is 0 Å². The minimum absolute atomic E-state index is 0.218. The van der Waals surface area contributed by atoms with E-state index in [4.69, 9.17) is 9.47 Å². The topological polar surface area (TPSA) is 52.6 Å². The van der Waals surface area contributed by atoms with Crippen LogP contribution in [0.3, 0.4) is 0 Å². The number of aryl methyl sites for hydroxylation is 1. The highest BCUT2D eigenvalue weighted by Crippen LogP contribution is 2.30. The van der Waals surface area contributed by atoms with E-state index in [1.807, 2.05) is 78.9 Å². The number of hydrogen-bond acceptors (Lipinski definition) is 4. The number of methoxy groups -OCH3 is 2. The smallest absolute Gasteiger partial charge is 0.260 e. The van der Waals surface area contributed by atoms with Gasteiger partial charge in [0, 0.05) is 31.8 Å². The largest absolute Gasteiger partial charge is 0.343 e. The third kappa shape index (κ3) is 6.21. The molecule has 30 heavy (non-hydrogen) atoms. The van der Waals surface area contributed by atoms with Crippen molar-refractivity contribution in [3.8, 4) is 0 Å². The number of carbonyl (C=O) groups excluding carboxylic acids is 2. The van der Waals surface area contributed by atoms with Crippen molar-refractivity contribution in [3.63, 3.8) is 0 Å². The van der Waals surface area contributed by atoms with Crippen LogP contribution in [0.2, 0.25) is 0 Å². The second kappa shape index (κ2) is 11.8. The molecule has 0 fully saturated rings. The number of benzene rings is 3. The number of hydrogen-bond donors (Lipinski definition) is 0. The van der Waals surface area contributed by atoms with Crippen LogP contribution in [0.15, 0.2) is 91.0 Å². The fourth-order valence-corrected chi connectivity index (χ4v) is 3.04. The van der Waals surface area contributed by atoms with Crippen LogP contribution < -0.4 is 0 Å². The molecule has 0 bridgehead atoms. The fourth-order valence-electron chi connectivity index (χ4n) is 3.04. The van der Waals surface area contributed by atoms with E-state index in [1.165, 1.54) is 19.8 Å². The Bertz CT molecular complexity index is 902. The Morgan fingerprint density at radius 3 is 1.67 bits per heavy atom. The van der Waals surface area contributed by atoms with Gasteiger partial charge in [-0.25, -0.2) is 0 Å². The lowest BCUT2D eigenvalue weighted by Gasteiger charge is -2.29. The van der Waals surface area contributed by atoms with Gasteiger partial charge in [-0.05, 0) is 18.9 Å². The summed E-state index contributed by atoms with van der Waals surface area (Å²) in [6.07, 6.45) is 1.53. The van der Waals surface area contributed by atoms with E-state index in [0.29, 0.717) is 17.5 Å². The van der Waals surface area contributed by atoms with Crippen LogP contribution in [0.5, 0.6) is 0 Å². The number of carbonyl (C=O) groups is 2. The molecule has 0 radical (unpaired) electrons. The summed E-state index contributed by atoms with van der Waals surface area (Å²) < 4.78 is 10.8. The number of Topliss-reactive ketones (excluding diaryl/α,β-unsaturated/α-hetero) is 2. The molecule has 3 rings (SSSR count). The first-order valence-corrected chi connectivity index (χ1v) is 9.82. The zero-order valence-corrected chi connectivity index (χ0v) is 17.7. The van der Waals surface area contributed by atoms with Gasteiger partial charge in [-0.1, -0.05) is 91.0 Å². The zero-order chi connectivity index (χ0) is 21.8. The summed E-state index contributed by atoms with van der Waals surface area (Å²) in [5.41, 5.74) is 2.46. The van der Waals surface area contributed by atoms with Crippen LogP contribution in [0.25, 0.3) is 0 Å². The van der Waals surface area contributed by atoms with Gasteiger partial charge in [0.05, 0.1) is 0 Å². The highest BCUT2D eigenvalue weighted by atomic mass is 16.7. The van der Waals surface area contributed by atoms with Crippen LogP contribution in [0.1, 0.15) is 34.8 Å². The number of rotatable bonds is 8. The molecule has 0 saturated carbocycles. The van der Waals surface area contributed by atoms with Gasteiger partial charge in [0.2, 0.25) is 5.78 Å². The Kier molecular flexibility index (Phi) is 9.13. The van der Waals surface area contributed by atoms with E-state index in [9.17, 15) is 9.59 Å². The molecule has 0 N–H and O–H groups in total. The second-order valence-corrected chi connectivity index (χ2v) is 6.77. The summed E-state index contributed by atoms with van der Waals surface area (Å²) in [7, 11) is 2.94. The zero-order valence-electron chi connectivity index (χ0n) is 17.7. The van der Waals surface area contributed by atoms with E-state index in [2.05, 4.69) is 0 Å². The average Bonchev–Trinajstić information content (AvgIpc) is 2.81. The van der Waals surface area contributed by atoms with Crippen LogP contribution in [-0.2, 0) is 26.5 Å². The molecule has 156 valence electrons. The van der Waals surface area contributed by atoms with E-state index < -0.39 is 5.79 Å². The Morgan fingerprint density at radius 2 is 1.20 bits per heavy atom. The van der Waals surface area contributed by atoms with Crippen molar-refractivity contribution in [2.45, 2.75) is 25.6 Å². The van der Waals surface area contributed by atoms with Crippen LogP contribution in [-0.4, -0.2) is 25.8 Å². The van der Waals surface area contributed by atoms with E-state index in [-0.39, 0.29) is 11.6 Å². The van der Waals surface area contributed by atoms with Gasteiger partial charge in [-0.15, -0.1) is 0 Å². The van der Waals surface area contributed by atoms with E-state index in [1.54, 1.807) is 19.1 Å². The Hall–Kier alpha value is -3.08. The third-order valence-corrected chi connectivity index (χ3v) is 4.67. The quantitative estimate of drug-likeness (QED) is 0.381. The molecular formula is C26H28O4. The Labute approximate surface area is 178 Å². The first kappa shape index (κ1) is 23.2. The molecule has 0 aliphatic carbocycles. The van der Waals surface area contributed by atoms with Crippen molar-refractivity contribution >= 4 is 11.6 Å². The van der Waals surface area contributed by atoms with Crippen LogP contribution in [0.4, 0.5) is 0 Å². The number of ether oxygens (including phenoxy) is 2. The summed E-state index contributed by atoms with van der Waals surface area (Å²) in [5, 5.41) is 0. The van der Waals surface area contributed by atoms with E-state index >= 15 is 0 Å². The molecule has 0 saturated heterocycles. The van der Waals surface area contributed by atoms with Crippen LogP contribution in [0, 0.1) is 0 Å². The predicted molar refractivity (Wildman–Crippen MR) is 118 cm³/mol. The minimum atomic E-state index is -1.40. The van der Waals surface area contributed by atoms with Gasteiger partial charge in [0.25, 0.3) is 5.79 Å². The van der Waals surface area contributed by atoms with Gasteiger partial charge in [-0.2, -0.15) is 0 Å². The molecule has 0 aliphatic heterocycles. The van der Waals surface area contributed by atoms with Crippen molar-refractivity contribution < 1.29 is 19.1 Å². The standard InChI is InChI=1S/C16H16O3.C10H12O/c1-18-16(19-2,14-11-7-4-8-12-14)15(17)13-9-5-3-6-10-13;1-9(11)7-8-10-5-3-2-4-6-10/h3-12H,1-2H3;2-6H,7-8H2,1H3. The molecule has 0 amide bonds. The maximum atomic E-state index is 12.7. The molecule has 4 nitrogen and oxygen atoms in total. The first-order valence-electron chi connectivity index (χ1n) is 9.82. The molecule has 0 aromatic heterocycles. The van der Waals surface area contributed by atoms with Crippen molar-refractivity contribution in [2.75, 3.05) is 14.2 Å². The van der Waals surface area contributed by atoms with Crippen molar-refractivity contribution in [3.05, 3.63) is 108 Å². The molecule has 0 atom stereocenters. The molecule has 3 aromatic rings. The summed E-state index contributed by atoms with van der Waals surface area (Å²) in [4.78, 5) is 23.3. The normalized spacial score (nSPS) is 10.6. The SMILES string of the molecule is CC(=O)CCc1ccccc1.COC(OC)(C(=O)c1ccccc1)c1ccccc1. The molecular weight excluding hydrogens is 376 g/mol. The minimum Gasteiger partial charge on any atom is -0.343 e. The maximum absolute atomic E-state index is 12.7. The monoisotopic (exact) mass is 404 g/mol. The van der Waals surface area contributed by atoms with E-state index in [0.717, 1.165) is 6.42 Å². The summed E-state index contributed by atoms with van der Waals surface area (Å²) >= 11 is 0. The average molecular weight is 405 g/mol. The Morgan fingerprint density at radius 1 is 0.733 bits per heavy atom. The first-order chi connectivity index (χ1) is 14.5. The predicted octanol–water partition coefficient (Wildman–Crippen LogP) is 5.22. The molecule has 3 aromatic carbocycles. The summed E-state index contributed by atoms with van der Waals surface area (Å²) in [6.45, 7) is 1.63. The molecule has 0 spiro atoms. The van der Waals surface area contributed by atoms with Gasteiger partial charge in [-0.3, -0.25) is 4.79 Å². The third-order valence-electron chi connectivity index (χ3n) is 4.67. The second-order valence-electron chi connectivity index (χ2n) is 6.77. The van der Waals surface area contributed by atoms with Gasteiger partial charge < -0.3 is 14.3 Å². The van der Waals surface area contributed by atoms with Crippen molar-refractivity contribution in [1.82, 2.24) is 0 Å². The van der Waals surface area contributed by atoms with Crippen LogP contribution >= 0.6 is 0 Å². The van der Waals surface area contributed by atoms with Gasteiger partial charge in [0.1, 0.15) is 5.78 Å². The maximum Gasteiger partial charge on any atom is 0.260 e. The lowest BCUT2D eigenvalue weighted by atomic mass is 9.96. The molecule has 0 aliphatic rings. The van der Waals surface area contributed by atoms with Crippen molar-refractivity contribution in [2.24, 2.45) is 0 Å². The summed E-state index contributed by atoms with van der Waals surface area (Å²) in [6, 6.07) is 28.3. The lowest BCUT2D eigenvalue weighted by molar-refractivity contribution is -0.176. The fraction of sp³-hybridized carbons (Fsp3) is 0.231. The lowest BCUT2D eigenvalue weighted by Crippen LogP contribution is -2.39. The highest BCUT2D eigenvalue weighted by molar-refractivity contribution is 6.02. The summed E-state index contributed by atoms with van der Waals surface area (Å²) in [5.74, 6) is -1.36. The number of ketones is 2.